The van der Waals surface area contributed by atoms with E-state index < -0.39 is 0 Å². The quantitative estimate of drug-likeness (QED) is 0.670. The van der Waals surface area contributed by atoms with Crippen LogP contribution in [0.3, 0.4) is 0 Å². The van der Waals surface area contributed by atoms with Gasteiger partial charge in [0, 0.05) is 22.1 Å². The molecule has 1 aliphatic heterocycles. The summed E-state index contributed by atoms with van der Waals surface area (Å²) in [7, 11) is 0. The van der Waals surface area contributed by atoms with Crippen LogP contribution in [0.2, 0.25) is 5.02 Å². The fraction of sp³-hybridized carbons (Fsp3) is 0.588. The fourth-order valence-corrected chi connectivity index (χ4v) is 4.57. The van der Waals surface area contributed by atoms with Crippen LogP contribution in [0.1, 0.15) is 49.4 Å². The number of nitrogens with zero attached hydrogens (tertiary/aromatic N) is 1. The lowest BCUT2D eigenvalue weighted by Gasteiger charge is -2.47. The maximum atomic E-state index is 13.0. The second kappa shape index (κ2) is 6.29. The molecule has 1 aromatic carbocycles. The monoisotopic (exact) mass is 369 g/mol. The van der Waals surface area contributed by atoms with Gasteiger partial charge in [-0.15, -0.1) is 0 Å². The molecule has 3 atom stereocenters. The highest BCUT2D eigenvalue weighted by Gasteiger charge is 2.39. The molecule has 1 saturated carbocycles. The van der Waals surface area contributed by atoms with Crippen LogP contribution in [0.15, 0.2) is 22.7 Å². The lowest BCUT2D eigenvalue weighted by atomic mass is 9.72. The van der Waals surface area contributed by atoms with Crippen molar-refractivity contribution in [3.63, 3.8) is 0 Å². The summed E-state index contributed by atoms with van der Waals surface area (Å²) in [5.41, 5.74) is 0.696. The predicted molar refractivity (Wildman–Crippen MR) is 89.7 cm³/mol. The van der Waals surface area contributed by atoms with E-state index in [-0.39, 0.29) is 5.91 Å². The van der Waals surface area contributed by atoms with Gasteiger partial charge in [0.05, 0.1) is 5.56 Å². The third-order valence-electron chi connectivity index (χ3n) is 5.16. The van der Waals surface area contributed by atoms with Gasteiger partial charge in [0.1, 0.15) is 0 Å². The van der Waals surface area contributed by atoms with Crippen LogP contribution in [0, 0.1) is 11.8 Å². The lowest BCUT2D eigenvalue weighted by Crippen LogP contribution is -2.52. The van der Waals surface area contributed by atoms with Crippen LogP contribution in [0.25, 0.3) is 0 Å². The fourth-order valence-electron chi connectivity index (χ4n) is 3.98. The normalized spacial score (nSPS) is 29.1. The van der Waals surface area contributed by atoms with Gasteiger partial charge in [0.2, 0.25) is 0 Å². The largest absolute Gasteiger partial charge is 0.335 e. The zero-order valence-electron chi connectivity index (χ0n) is 12.3. The standard InChI is InChI=1S/C17H21BrClNO/c1-11-8-9-20(16-5-3-2-4-13(11)16)17(21)14-10-12(19)6-7-15(14)18/h6-7,10-11,13,16H,2-5,8-9H2,1H3. The molecule has 1 aliphatic carbocycles. The number of rotatable bonds is 1. The highest BCUT2D eigenvalue weighted by Crippen LogP contribution is 2.39. The molecular formula is C17H21BrClNO. The first-order valence-corrected chi connectivity index (χ1v) is 9.01. The first-order valence-electron chi connectivity index (χ1n) is 7.84. The SMILES string of the molecule is CC1CCN(C(=O)c2cc(Cl)ccc2Br)C2CCCCC12. The average molecular weight is 371 g/mol. The van der Waals surface area contributed by atoms with Gasteiger partial charge in [0.25, 0.3) is 5.91 Å². The van der Waals surface area contributed by atoms with Crippen molar-refractivity contribution in [2.24, 2.45) is 11.8 Å². The van der Waals surface area contributed by atoms with Crippen LogP contribution in [0.5, 0.6) is 0 Å². The maximum Gasteiger partial charge on any atom is 0.255 e. The number of carbonyl (C=O) groups excluding carboxylic acids is 1. The van der Waals surface area contributed by atoms with E-state index in [9.17, 15) is 4.79 Å². The van der Waals surface area contributed by atoms with Crippen molar-refractivity contribution in [1.82, 2.24) is 4.90 Å². The van der Waals surface area contributed by atoms with Crippen molar-refractivity contribution in [2.45, 2.75) is 45.1 Å². The number of benzene rings is 1. The highest BCUT2D eigenvalue weighted by atomic mass is 79.9. The van der Waals surface area contributed by atoms with Crippen LogP contribution in [-0.2, 0) is 0 Å². The van der Waals surface area contributed by atoms with Crippen LogP contribution in [0.4, 0.5) is 0 Å². The van der Waals surface area contributed by atoms with Gasteiger partial charge < -0.3 is 4.90 Å². The first-order chi connectivity index (χ1) is 10.1. The zero-order chi connectivity index (χ0) is 15.0. The topological polar surface area (TPSA) is 20.3 Å². The summed E-state index contributed by atoms with van der Waals surface area (Å²) in [4.78, 5) is 15.1. The molecule has 2 fully saturated rings. The van der Waals surface area contributed by atoms with Gasteiger partial charge >= 0.3 is 0 Å². The molecule has 1 amide bonds. The molecule has 1 saturated heterocycles. The summed E-state index contributed by atoms with van der Waals surface area (Å²) in [6.45, 7) is 3.22. The van der Waals surface area contributed by atoms with E-state index in [2.05, 4.69) is 27.8 Å². The summed E-state index contributed by atoms with van der Waals surface area (Å²) in [6, 6.07) is 5.87. The number of piperidine rings is 1. The molecule has 0 N–H and O–H groups in total. The lowest BCUT2D eigenvalue weighted by molar-refractivity contribution is 0.0217. The van der Waals surface area contributed by atoms with Crippen molar-refractivity contribution in [1.29, 1.82) is 0 Å². The van der Waals surface area contributed by atoms with Crippen molar-refractivity contribution in [3.05, 3.63) is 33.3 Å². The number of carbonyl (C=O) groups is 1. The van der Waals surface area contributed by atoms with E-state index in [4.69, 9.17) is 11.6 Å². The Hall–Kier alpha value is -0.540. The molecule has 4 heteroatoms. The molecule has 2 nitrogen and oxygen atoms in total. The maximum absolute atomic E-state index is 13.0. The molecule has 1 heterocycles. The Morgan fingerprint density at radius 1 is 1.29 bits per heavy atom. The van der Waals surface area contributed by atoms with Gasteiger partial charge in [0.15, 0.2) is 0 Å². The second-order valence-corrected chi connectivity index (χ2v) is 7.70. The van der Waals surface area contributed by atoms with E-state index in [1.807, 2.05) is 12.1 Å². The molecule has 3 unspecified atom stereocenters. The number of likely N-dealkylation sites (tertiary alicyclic amines) is 1. The summed E-state index contributed by atoms with van der Waals surface area (Å²) < 4.78 is 0.836. The Labute approximate surface area is 140 Å². The Balaban J connectivity index is 1.88. The smallest absolute Gasteiger partial charge is 0.255 e. The Morgan fingerprint density at radius 2 is 2.05 bits per heavy atom. The zero-order valence-corrected chi connectivity index (χ0v) is 14.7. The molecule has 0 radical (unpaired) electrons. The molecular weight excluding hydrogens is 350 g/mol. The van der Waals surface area contributed by atoms with Crippen molar-refractivity contribution >= 4 is 33.4 Å². The molecule has 21 heavy (non-hydrogen) atoms. The van der Waals surface area contributed by atoms with Gasteiger partial charge in [-0.2, -0.15) is 0 Å². The second-order valence-electron chi connectivity index (χ2n) is 6.40. The molecule has 0 spiro atoms. The number of amides is 1. The Morgan fingerprint density at radius 3 is 2.86 bits per heavy atom. The van der Waals surface area contributed by atoms with Crippen LogP contribution in [-0.4, -0.2) is 23.4 Å². The van der Waals surface area contributed by atoms with Gasteiger partial charge in [-0.25, -0.2) is 0 Å². The Bertz CT molecular complexity index is 548. The first kappa shape index (κ1) is 15.4. The van der Waals surface area contributed by atoms with E-state index in [1.54, 1.807) is 6.07 Å². The molecule has 2 aliphatic rings. The van der Waals surface area contributed by atoms with Crippen molar-refractivity contribution in [3.8, 4) is 0 Å². The minimum Gasteiger partial charge on any atom is -0.335 e. The van der Waals surface area contributed by atoms with E-state index in [0.717, 1.165) is 29.8 Å². The highest BCUT2D eigenvalue weighted by molar-refractivity contribution is 9.10. The number of hydrogen-bond donors (Lipinski definition) is 0. The molecule has 3 rings (SSSR count). The Kier molecular flexibility index (Phi) is 4.60. The third-order valence-corrected chi connectivity index (χ3v) is 6.08. The van der Waals surface area contributed by atoms with E-state index >= 15 is 0 Å². The molecule has 114 valence electrons. The van der Waals surface area contributed by atoms with Crippen molar-refractivity contribution in [2.75, 3.05) is 6.54 Å². The van der Waals surface area contributed by atoms with E-state index in [1.165, 1.54) is 19.3 Å². The molecule has 1 aromatic rings. The summed E-state index contributed by atoms with van der Waals surface area (Å²) in [6.07, 6.45) is 6.10. The van der Waals surface area contributed by atoms with Gasteiger partial charge in [-0.3, -0.25) is 4.79 Å². The van der Waals surface area contributed by atoms with Gasteiger partial charge in [-0.1, -0.05) is 31.4 Å². The molecule has 0 aromatic heterocycles. The minimum absolute atomic E-state index is 0.133. The number of fused-ring (bicyclic) bond motifs is 1. The average Bonchev–Trinajstić information content (AvgIpc) is 2.50. The predicted octanol–water partition coefficient (Wildman–Crippen LogP) is 5.14. The van der Waals surface area contributed by atoms with Crippen LogP contribution >= 0.6 is 27.5 Å². The summed E-state index contributed by atoms with van der Waals surface area (Å²) in [5, 5.41) is 0.618. The third kappa shape index (κ3) is 3.00. The number of halogens is 2. The minimum atomic E-state index is 0.133. The summed E-state index contributed by atoms with van der Waals surface area (Å²) >= 11 is 9.56. The van der Waals surface area contributed by atoms with Crippen LogP contribution < -0.4 is 0 Å². The summed E-state index contributed by atoms with van der Waals surface area (Å²) in [5.74, 6) is 1.55. The van der Waals surface area contributed by atoms with Crippen molar-refractivity contribution < 1.29 is 4.79 Å². The van der Waals surface area contributed by atoms with E-state index in [0.29, 0.717) is 22.5 Å². The molecule has 0 bridgehead atoms. The van der Waals surface area contributed by atoms with Gasteiger partial charge in [-0.05, 0) is 65.2 Å². The number of hydrogen-bond acceptors (Lipinski definition) is 1.